The number of hydrogen-bond acceptors (Lipinski definition) is 5. The Hall–Kier alpha value is -3.28. The second-order valence-electron chi connectivity index (χ2n) is 5.31. The number of hydrogen-bond donors (Lipinski definition) is 1. The minimum Gasteiger partial charge on any atom is -0.478 e. The predicted octanol–water partition coefficient (Wildman–Crippen LogP) is 4.30. The molecule has 0 bridgehead atoms. The normalized spacial score (nSPS) is 12.4. The monoisotopic (exact) mass is 339 g/mol. The summed E-state index contributed by atoms with van der Waals surface area (Å²) in [4.78, 5) is 16.2. The van der Waals surface area contributed by atoms with Crippen LogP contribution in [0.3, 0.4) is 0 Å². The fraction of sp³-hybridized carbons (Fsp3) is 0.158. The van der Waals surface area contributed by atoms with Crippen LogP contribution in [0.25, 0.3) is 11.0 Å². The van der Waals surface area contributed by atoms with Crippen molar-refractivity contribution in [2.24, 2.45) is 5.16 Å². The van der Waals surface area contributed by atoms with Crippen LogP contribution in [0, 0.1) is 0 Å². The molecule has 3 rings (SSSR count). The Labute approximate surface area is 144 Å². The fourth-order valence-corrected chi connectivity index (χ4v) is 2.26. The summed E-state index contributed by atoms with van der Waals surface area (Å²) in [6, 6.07) is 13.8. The zero-order valence-electron chi connectivity index (χ0n) is 13.6. The summed E-state index contributed by atoms with van der Waals surface area (Å²) in [5.41, 5.74) is 1.80. The molecular formula is C19H17NO5. The number of nitrogens with zero attached hydrogens (tertiary/aromatic N) is 1. The van der Waals surface area contributed by atoms with Crippen molar-refractivity contribution in [2.75, 3.05) is 0 Å². The number of rotatable bonds is 7. The van der Waals surface area contributed by atoms with E-state index in [1.54, 1.807) is 24.6 Å². The van der Waals surface area contributed by atoms with Crippen molar-refractivity contribution < 1.29 is 23.9 Å². The molecule has 0 aliphatic carbocycles. The van der Waals surface area contributed by atoms with Crippen LogP contribution in [0.4, 0.5) is 0 Å². The number of benzene rings is 2. The molecule has 0 aliphatic rings. The Bertz CT molecular complexity index is 882. The lowest BCUT2D eigenvalue weighted by Gasteiger charge is -2.15. The molecule has 1 aromatic heterocycles. The summed E-state index contributed by atoms with van der Waals surface area (Å²) >= 11 is 0. The van der Waals surface area contributed by atoms with Gasteiger partial charge in [0.1, 0.15) is 17.6 Å². The fourth-order valence-electron chi connectivity index (χ4n) is 2.26. The average molecular weight is 339 g/mol. The third-order valence-corrected chi connectivity index (χ3v) is 3.58. The summed E-state index contributed by atoms with van der Waals surface area (Å²) in [5.74, 6) is -0.465. The van der Waals surface area contributed by atoms with E-state index in [4.69, 9.17) is 19.1 Å². The largest absolute Gasteiger partial charge is 0.478 e. The number of carboxylic acids is 1. The zero-order valence-corrected chi connectivity index (χ0v) is 13.6. The first-order chi connectivity index (χ1) is 12.2. The number of oxime groups is 1. The molecule has 0 spiro atoms. The molecule has 6 heteroatoms. The second kappa shape index (κ2) is 7.53. The van der Waals surface area contributed by atoms with E-state index in [1.807, 2.05) is 31.2 Å². The van der Waals surface area contributed by atoms with Crippen LogP contribution in [0.5, 0.6) is 5.75 Å². The van der Waals surface area contributed by atoms with Gasteiger partial charge in [0, 0.05) is 17.4 Å². The Morgan fingerprint density at radius 1 is 1.24 bits per heavy atom. The van der Waals surface area contributed by atoms with E-state index >= 15 is 0 Å². The van der Waals surface area contributed by atoms with Crippen molar-refractivity contribution in [1.82, 2.24) is 0 Å². The highest BCUT2D eigenvalue weighted by Gasteiger charge is 2.10. The molecule has 0 radical (unpaired) electrons. The van der Waals surface area contributed by atoms with Crippen molar-refractivity contribution in [3.63, 3.8) is 0 Å². The van der Waals surface area contributed by atoms with Crippen LogP contribution >= 0.6 is 0 Å². The summed E-state index contributed by atoms with van der Waals surface area (Å²) in [6.45, 7) is 1.90. The molecule has 0 aliphatic heterocycles. The van der Waals surface area contributed by atoms with Crippen molar-refractivity contribution in [3.05, 3.63) is 65.9 Å². The number of carbonyl (C=O) groups is 1. The SMILES string of the molecule is CCC(O/N=C\c1coc2ccccc12)Oc1ccc(C(=O)O)cc1. The number of furan rings is 1. The van der Waals surface area contributed by atoms with Gasteiger partial charge in [0.2, 0.25) is 0 Å². The molecule has 25 heavy (non-hydrogen) atoms. The lowest BCUT2D eigenvalue weighted by Crippen LogP contribution is -2.17. The highest BCUT2D eigenvalue weighted by atomic mass is 16.8. The molecule has 0 amide bonds. The van der Waals surface area contributed by atoms with Gasteiger partial charge in [0.05, 0.1) is 11.8 Å². The number of fused-ring (bicyclic) bond motifs is 1. The van der Waals surface area contributed by atoms with Gasteiger partial charge in [-0.15, -0.1) is 0 Å². The van der Waals surface area contributed by atoms with E-state index in [0.29, 0.717) is 12.2 Å². The van der Waals surface area contributed by atoms with Crippen molar-refractivity contribution in [2.45, 2.75) is 19.6 Å². The third-order valence-electron chi connectivity index (χ3n) is 3.58. The molecule has 6 nitrogen and oxygen atoms in total. The zero-order chi connectivity index (χ0) is 17.6. The highest BCUT2D eigenvalue weighted by Crippen LogP contribution is 2.19. The Morgan fingerprint density at radius 2 is 2.00 bits per heavy atom. The molecule has 1 N–H and O–H groups in total. The van der Waals surface area contributed by atoms with Crippen LogP contribution in [0.15, 0.2) is 64.4 Å². The molecule has 1 unspecified atom stereocenters. The first kappa shape index (κ1) is 16.6. The van der Waals surface area contributed by atoms with Crippen LogP contribution in [0.1, 0.15) is 29.3 Å². The van der Waals surface area contributed by atoms with Crippen LogP contribution < -0.4 is 4.74 Å². The van der Waals surface area contributed by atoms with Gasteiger partial charge in [-0.25, -0.2) is 4.79 Å². The maximum absolute atomic E-state index is 10.8. The van der Waals surface area contributed by atoms with Gasteiger partial charge in [-0.1, -0.05) is 30.3 Å². The van der Waals surface area contributed by atoms with Gasteiger partial charge in [-0.3, -0.25) is 0 Å². The number of carboxylic acid groups (broad SMARTS) is 1. The van der Waals surface area contributed by atoms with Crippen molar-refractivity contribution in [3.8, 4) is 5.75 Å². The molecule has 0 saturated carbocycles. The number of para-hydroxylation sites is 1. The van der Waals surface area contributed by atoms with E-state index in [0.717, 1.165) is 16.5 Å². The molecular weight excluding hydrogens is 322 g/mol. The third kappa shape index (κ3) is 3.98. The molecule has 2 aromatic carbocycles. The maximum Gasteiger partial charge on any atom is 0.335 e. The molecule has 1 atom stereocenters. The van der Waals surface area contributed by atoms with E-state index in [-0.39, 0.29) is 5.56 Å². The number of ether oxygens (including phenoxy) is 1. The van der Waals surface area contributed by atoms with E-state index in [2.05, 4.69) is 5.16 Å². The topological polar surface area (TPSA) is 81.3 Å². The minimum atomic E-state index is -0.980. The Kier molecular flexibility index (Phi) is 4.99. The smallest absolute Gasteiger partial charge is 0.335 e. The molecule has 3 aromatic rings. The van der Waals surface area contributed by atoms with Gasteiger partial charge in [0.25, 0.3) is 6.29 Å². The molecule has 1 heterocycles. The maximum atomic E-state index is 10.8. The van der Waals surface area contributed by atoms with E-state index in [1.165, 1.54) is 12.1 Å². The quantitative estimate of drug-likeness (QED) is 0.394. The Balaban J connectivity index is 1.63. The van der Waals surface area contributed by atoms with Gasteiger partial charge in [-0.2, -0.15) is 0 Å². The molecule has 128 valence electrons. The Morgan fingerprint density at radius 3 is 2.72 bits per heavy atom. The van der Waals surface area contributed by atoms with Gasteiger partial charge in [0.15, 0.2) is 0 Å². The lowest BCUT2D eigenvalue weighted by molar-refractivity contribution is -0.0795. The summed E-state index contributed by atoms with van der Waals surface area (Å²) < 4.78 is 11.1. The standard InChI is InChI=1S/C19H17NO5/c1-2-18(24-15-9-7-13(8-10-15)19(21)22)25-20-11-14-12-23-17-6-4-3-5-16(14)17/h3-12,18H,2H2,1H3,(H,21,22)/b20-11-. The second-order valence-corrected chi connectivity index (χ2v) is 5.31. The van der Waals surface area contributed by atoms with Crippen LogP contribution in [0.2, 0.25) is 0 Å². The first-order valence-corrected chi connectivity index (χ1v) is 7.83. The van der Waals surface area contributed by atoms with Crippen LogP contribution in [-0.2, 0) is 4.84 Å². The van der Waals surface area contributed by atoms with Crippen LogP contribution in [-0.4, -0.2) is 23.6 Å². The molecule has 0 fully saturated rings. The first-order valence-electron chi connectivity index (χ1n) is 7.83. The van der Waals surface area contributed by atoms with E-state index in [9.17, 15) is 4.79 Å². The van der Waals surface area contributed by atoms with Gasteiger partial charge < -0.3 is 19.1 Å². The van der Waals surface area contributed by atoms with Gasteiger partial charge in [-0.05, 0) is 30.3 Å². The van der Waals surface area contributed by atoms with Crippen molar-refractivity contribution >= 4 is 23.2 Å². The summed E-state index contributed by atoms with van der Waals surface area (Å²) in [6.07, 6.45) is 3.18. The van der Waals surface area contributed by atoms with Crippen molar-refractivity contribution in [1.29, 1.82) is 0 Å². The molecule has 0 saturated heterocycles. The summed E-state index contributed by atoms with van der Waals surface area (Å²) in [7, 11) is 0. The lowest BCUT2D eigenvalue weighted by atomic mass is 10.2. The number of aromatic carboxylic acids is 1. The average Bonchev–Trinajstić information content (AvgIpc) is 3.04. The minimum absolute atomic E-state index is 0.200. The highest BCUT2D eigenvalue weighted by molar-refractivity contribution is 5.97. The predicted molar refractivity (Wildman–Crippen MR) is 93.0 cm³/mol. The summed E-state index contributed by atoms with van der Waals surface area (Å²) in [5, 5.41) is 13.8. The van der Waals surface area contributed by atoms with E-state index < -0.39 is 12.3 Å². The van der Waals surface area contributed by atoms with Gasteiger partial charge >= 0.3 is 5.97 Å².